The van der Waals surface area contributed by atoms with E-state index in [0.717, 1.165) is 5.56 Å². The van der Waals surface area contributed by atoms with Crippen molar-refractivity contribution in [3.8, 4) is 0 Å². The lowest BCUT2D eigenvalue weighted by molar-refractivity contribution is -0.114. The number of halogens is 3. The van der Waals surface area contributed by atoms with Crippen molar-refractivity contribution in [1.82, 2.24) is 0 Å². The molecular weight excluding hydrogens is 314 g/mol. The molecule has 21 heavy (non-hydrogen) atoms. The molecule has 0 fully saturated rings. The summed E-state index contributed by atoms with van der Waals surface area (Å²) in [6.07, 6.45) is 0. The molecule has 6 heteroatoms. The first-order valence-electron chi connectivity index (χ1n) is 6.20. The largest absolute Gasteiger partial charge is 0.381 e. The molecule has 0 spiro atoms. The maximum atomic E-state index is 13.5. The van der Waals surface area contributed by atoms with Gasteiger partial charge >= 0.3 is 0 Å². The summed E-state index contributed by atoms with van der Waals surface area (Å²) in [4.78, 5) is 11.0. The Kier molecular flexibility index (Phi) is 5.04. The minimum Gasteiger partial charge on any atom is -0.381 e. The monoisotopic (exact) mass is 326 g/mol. The van der Waals surface area contributed by atoms with E-state index in [4.69, 9.17) is 23.2 Å². The third-order valence-electron chi connectivity index (χ3n) is 2.76. The van der Waals surface area contributed by atoms with Gasteiger partial charge in [-0.2, -0.15) is 0 Å². The van der Waals surface area contributed by atoms with Crippen molar-refractivity contribution in [3.05, 3.63) is 57.8 Å². The fourth-order valence-corrected chi connectivity index (χ4v) is 2.10. The molecule has 0 aliphatic heterocycles. The minimum absolute atomic E-state index is 0.140. The Morgan fingerprint density at radius 1 is 1.14 bits per heavy atom. The number of benzene rings is 2. The number of rotatable bonds is 4. The van der Waals surface area contributed by atoms with Crippen LogP contribution < -0.4 is 10.6 Å². The summed E-state index contributed by atoms with van der Waals surface area (Å²) in [6, 6.07) is 9.75. The molecule has 0 saturated carbocycles. The molecule has 2 aromatic rings. The second kappa shape index (κ2) is 6.78. The van der Waals surface area contributed by atoms with Crippen LogP contribution in [0.25, 0.3) is 0 Å². The van der Waals surface area contributed by atoms with E-state index < -0.39 is 5.82 Å². The predicted octanol–water partition coefficient (Wildman–Crippen LogP) is 4.70. The highest BCUT2D eigenvalue weighted by Crippen LogP contribution is 2.24. The number of carbonyl (C=O) groups excluding carboxylic acids is 1. The van der Waals surface area contributed by atoms with Gasteiger partial charge in [0.05, 0.1) is 15.7 Å². The van der Waals surface area contributed by atoms with Gasteiger partial charge in [0.1, 0.15) is 5.82 Å². The molecule has 0 unspecified atom stereocenters. The van der Waals surface area contributed by atoms with Crippen LogP contribution in [0.4, 0.5) is 15.8 Å². The maximum Gasteiger partial charge on any atom is 0.221 e. The standard InChI is InChI=1S/C15H13Cl2FN2O/c1-9(21)20-15-7-11(3-5-14(15)18)19-8-10-2-4-12(16)13(17)6-10/h2-7,19H,8H2,1H3,(H,20,21). The molecule has 110 valence electrons. The van der Waals surface area contributed by atoms with E-state index in [0.29, 0.717) is 22.3 Å². The second-order valence-electron chi connectivity index (χ2n) is 4.48. The smallest absolute Gasteiger partial charge is 0.221 e. The van der Waals surface area contributed by atoms with Crippen molar-refractivity contribution < 1.29 is 9.18 Å². The van der Waals surface area contributed by atoms with E-state index >= 15 is 0 Å². The van der Waals surface area contributed by atoms with Crippen molar-refractivity contribution in [3.63, 3.8) is 0 Å². The second-order valence-corrected chi connectivity index (χ2v) is 5.29. The summed E-state index contributed by atoms with van der Waals surface area (Å²) in [5, 5.41) is 6.54. The van der Waals surface area contributed by atoms with Crippen LogP contribution in [-0.4, -0.2) is 5.91 Å². The fraction of sp³-hybridized carbons (Fsp3) is 0.133. The minimum atomic E-state index is -0.481. The number of amides is 1. The lowest BCUT2D eigenvalue weighted by Gasteiger charge is -2.10. The molecule has 1 amide bonds. The normalized spacial score (nSPS) is 10.3. The van der Waals surface area contributed by atoms with Gasteiger partial charge in [0.2, 0.25) is 5.91 Å². The van der Waals surface area contributed by atoms with Crippen LogP contribution in [-0.2, 0) is 11.3 Å². The van der Waals surface area contributed by atoms with Crippen molar-refractivity contribution in [1.29, 1.82) is 0 Å². The van der Waals surface area contributed by atoms with Crippen molar-refractivity contribution in [2.75, 3.05) is 10.6 Å². The number of hydrogen-bond acceptors (Lipinski definition) is 2. The molecule has 0 saturated heterocycles. The van der Waals surface area contributed by atoms with Crippen LogP contribution in [0, 0.1) is 5.82 Å². The first-order valence-corrected chi connectivity index (χ1v) is 6.96. The molecule has 0 aliphatic carbocycles. The zero-order valence-electron chi connectivity index (χ0n) is 11.2. The van der Waals surface area contributed by atoms with Crippen LogP contribution >= 0.6 is 23.2 Å². The number of carbonyl (C=O) groups is 1. The summed E-state index contributed by atoms with van der Waals surface area (Å²) in [5.41, 5.74) is 1.77. The molecule has 0 atom stereocenters. The third kappa shape index (κ3) is 4.34. The van der Waals surface area contributed by atoms with E-state index in [1.54, 1.807) is 18.2 Å². The van der Waals surface area contributed by atoms with Gasteiger partial charge in [-0.25, -0.2) is 4.39 Å². The Labute approximate surface area is 132 Å². The summed E-state index contributed by atoms with van der Waals surface area (Å²) in [7, 11) is 0. The number of nitrogens with one attached hydrogen (secondary N) is 2. The van der Waals surface area contributed by atoms with Crippen LogP contribution in [0.3, 0.4) is 0 Å². The van der Waals surface area contributed by atoms with Gasteiger partial charge in [0.25, 0.3) is 0 Å². The quantitative estimate of drug-likeness (QED) is 0.854. The van der Waals surface area contributed by atoms with Gasteiger partial charge in [0.15, 0.2) is 0 Å². The highest BCUT2D eigenvalue weighted by atomic mass is 35.5. The average Bonchev–Trinajstić information content (AvgIpc) is 2.43. The highest BCUT2D eigenvalue weighted by Gasteiger charge is 2.05. The van der Waals surface area contributed by atoms with Gasteiger partial charge in [-0.1, -0.05) is 29.3 Å². The summed E-state index contributed by atoms with van der Waals surface area (Å²) < 4.78 is 13.5. The SMILES string of the molecule is CC(=O)Nc1cc(NCc2ccc(Cl)c(Cl)c2)ccc1F. The summed E-state index contributed by atoms with van der Waals surface area (Å²) >= 11 is 11.8. The van der Waals surface area contributed by atoms with Crippen molar-refractivity contribution in [2.24, 2.45) is 0 Å². The zero-order chi connectivity index (χ0) is 15.4. The first-order chi connectivity index (χ1) is 9.95. The Hall–Kier alpha value is -1.78. The van der Waals surface area contributed by atoms with Gasteiger partial charge in [0, 0.05) is 19.2 Å². The molecule has 0 aliphatic rings. The van der Waals surface area contributed by atoms with Crippen LogP contribution in [0.1, 0.15) is 12.5 Å². The topological polar surface area (TPSA) is 41.1 Å². The highest BCUT2D eigenvalue weighted by molar-refractivity contribution is 6.42. The van der Waals surface area contributed by atoms with Gasteiger partial charge in [-0.05, 0) is 35.9 Å². The zero-order valence-corrected chi connectivity index (χ0v) is 12.7. The van der Waals surface area contributed by atoms with Gasteiger partial charge < -0.3 is 10.6 Å². The van der Waals surface area contributed by atoms with E-state index in [1.165, 1.54) is 19.1 Å². The summed E-state index contributed by atoms with van der Waals surface area (Å²) in [5.74, 6) is -0.805. The Bertz CT molecular complexity index is 677. The molecule has 2 aromatic carbocycles. The fourth-order valence-electron chi connectivity index (χ4n) is 1.77. The predicted molar refractivity (Wildman–Crippen MR) is 84.5 cm³/mol. The maximum absolute atomic E-state index is 13.5. The van der Waals surface area contributed by atoms with E-state index in [2.05, 4.69) is 10.6 Å². The average molecular weight is 327 g/mol. The Morgan fingerprint density at radius 2 is 1.90 bits per heavy atom. The van der Waals surface area contributed by atoms with Crippen LogP contribution in [0.2, 0.25) is 10.0 Å². The van der Waals surface area contributed by atoms with Gasteiger partial charge in [-0.3, -0.25) is 4.79 Å². The number of anilines is 2. The van der Waals surface area contributed by atoms with Crippen molar-refractivity contribution >= 4 is 40.5 Å². The molecule has 0 radical (unpaired) electrons. The molecular formula is C15H13Cl2FN2O. The van der Waals surface area contributed by atoms with E-state index in [1.807, 2.05) is 6.07 Å². The molecule has 0 aromatic heterocycles. The lowest BCUT2D eigenvalue weighted by atomic mass is 10.2. The van der Waals surface area contributed by atoms with Gasteiger partial charge in [-0.15, -0.1) is 0 Å². The molecule has 0 heterocycles. The Morgan fingerprint density at radius 3 is 2.57 bits per heavy atom. The van der Waals surface area contributed by atoms with E-state index in [9.17, 15) is 9.18 Å². The number of hydrogen-bond donors (Lipinski definition) is 2. The first kappa shape index (κ1) is 15.6. The molecule has 2 N–H and O–H groups in total. The lowest BCUT2D eigenvalue weighted by Crippen LogP contribution is -2.08. The van der Waals surface area contributed by atoms with E-state index in [-0.39, 0.29) is 11.6 Å². The Balaban J connectivity index is 2.09. The van der Waals surface area contributed by atoms with Crippen LogP contribution in [0.5, 0.6) is 0 Å². The molecule has 0 bridgehead atoms. The molecule has 2 rings (SSSR count). The van der Waals surface area contributed by atoms with Crippen molar-refractivity contribution in [2.45, 2.75) is 13.5 Å². The summed E-state index contributed by atoms with van der Waals surface area (Å²) in [6.45, 7) is 1.83. The molecule has 3 nitrogen and oxygen atoms in total. The van der Waals surface area contributed by atoms with Crippen LogP contribution in [0.15, 0.2) is 36.4 Å². The third-order valence-corrected chi connectivity index (χ3v) is 3.50.